The van der Waals surface area contributed by atoms with E-state index in [-0.39, 0.29) is 18.8 Å². The fourth-order valence-electron chi connectivity index (χ4n) is 1.96. The molecule has 0 bridgehead atoms. The third-order valence-electron chi connectivity index (χ3n) is 3.47. The summed E-state index contributed by atoms with van der Waals surface area (Å²) < 4.78 is 18.1. The lowest BCUT2D eigenvalue weighted by atomic mass is 10.1. The average molecular weight is 330 g/mol. The van der Waals surface area contributed by atoms with Crippen molar-refractivity contribution in [2.75, 3.05) is 6.61 Å². The van der Waals surface area contributed by atoms with E-state index in [1.165, 1.54) is 24.3 Å². The first kappa shape index (κ1) is 17.5. The van der Waals surface area contributed by atoms with Crippen LogP contribution in [0.25, 0.3) is 0 Å². The van der Waals surface area contributed by atoms with Gasteiger partial charge in [-0.3, -0.25) is 20.4 Å². The van der Waals surface area contributed by atoms with Crippen molar-refractivity contribution in [3.8, 4) is 5.75 Å². The van der Waals surface area contributed by atoms with E-state index in [0.717, 1.165) is 11.1 Å². The minimum absolute atomic E-state index is 0.0403. The van der Waals surface area contributed by atoms with E-state index in [4.69, 9.17) is 4.74 Å². The zero-order chi connectivity index (χ0) is 17.5. The number of hydrogen-bond donors (Lipinski definition) is 2. The van der Waals surface area contributed by atoms with Crippen LogP contribution in [0.1, 0.15) is 16.7 Å². The Kier molecular flexibility index (Phi) is 5.89. The van der Waals surface area contributed by atoms with Gasteiger partial charge in [-0.15, -0.1) is 0 Å². The number of amides is 2. The average Bonchev–Trinajstić information content (AvgIpc) is 2.56. The summed E-state index contributed by atoms with van der Waals surface area (Å²) in [6.07, 6.45) is 0.0403. The monoisotopic (exact) mass is 330 g/mol. The molecule has 5 nitrogen and oxygen atoms in total. The number of hydrogen-bond acceptors (Lipinski definition) is 3. The van der Waals surface area contributed by atoms with E-state index in [1.807, 2.05) is 26.0 Å². The molecule has 0 saturated heterocycles. The number of aryl methyl sites for hydroxylation is 2. The third-order valence-corrected chi connectivity index (χ3v) is 3.47. The standard InChI is InChI=1S/C18H19FN2O3/c1-12-3-8-16(9-13(12)2)24-11-18(23)21-20-17(22)10-14-4-6-15(19)7-5-14/h3-9H,10-11H2,1-2H3,(H,20,22)(H,21,23). The highest BCUT2D eigenvalue weighted by Crippen LogP contribution is 2.16. The van der Waals surface area contributed by atoms with Gasteiger partial charge < -0.3 is 4.74 Å². The molecule has 126 valence electrons. The highest BCUT2D eigenvalue weighted by atomic mass is 19.1. The maximum absolute atomic E-state index is 12.8. The van der Waals surface area contributed by atoms with Crippen molar-refractivity contribution in [3.05, 3.63) is 65.0 Å². The summed E-state index contributed by atoms with van der Waals surface area (Å²) in [5.41, 5.74) is 7.42. The van der Waals surface area contributed by atoms with E-state index in [9.17, 15) is 14.0 Å². The predicted molar refractivity (Wildman–Crippen MR) is 87.8 cm³/mol. The first-order chi connectivity index (χ1) is 11.4. The van der Waals surface area contributed by atoms with E-state index < -0.39 is 11.8 Å². The van der Waals surface area contributed by atoms with Gasteiger partial charge in [-0.2, -0.15) is 0 Å². The minimum atomic E-state index is -0.472. The van der Waals surface area contributed by atoms with Crippen LogP contribution in [0, 0.1) is 19.7 Å². The van der Waals surface area contributed by atoms with Gasteiger partial charge in [-0.25, -0.2) is 4.39 Å². The molecule has 2 N–H and O–H groups in total. The number of halogens is 1. The van der Waals surface area contributed by atoms with Crippen molar-refractivity contribution in [2.45, 2.75) is 20.3 Å². The van der Waals surface area contributed by atoms with Gasteiger partial charge in [0.1, 0.15) is 11.6 Å². The molecule has 24 heavy (non-hydrogen) atoms. The van der Waals surface area contributed by atoms with Crippen LogP contribution in [0.5, 0.6) is 5.75 Å². The largest absolute Gasteiger partial charge is 0.484 e. The molecule has 0 spiro atoms. The first-order valence-corrected chi connectivity index (χ1v) is 7.46. The lowest BCUT2D eigenvalue weighted by Crippen LogP contribution is -2.44. The van der Waals surface area contributed by atoms with Crippen LogP contribution in [0.15, 0.2) is 42.5 Å². The van der Waals surface area contributed by atoms with E-state index >= 15 is 0 Å². The van der Waals surface area contributed by atoms with Crippen LogP contribution in [-0.2, 0) is 16.0 Å². The van der Waals surface area contributed by atoms with Crippen molar-refractivity contribution in [1.82, 2.24) is 10.9 Å². The van der Waals surface area contributed by atoms with Crippen molar-refractivity contribution in [2.24, 2.45) is 0 Å². The molecule has 0 aliphatic heterocycles. The smallest absolute Gasteiger partial charge is 0.276 e. The molecule has 0 aromatic heterocycles. The van der Waals surface area contributed by atoms with E-state index in [1.54, 1.807) is 6.07 Å². The zero-order valence-corrected chi connectivity index (χ0v) is 13.6. The quantitative estimate of drug-likeness (QED) is 0.826. The molecular formula is C18H19FN2O3. The molecular weight excluding hydrogens is 311 g/mol. The summed E-state index contributed by atoms with van der Waals surface area (Å²) in [5.74, 6) is -0.649. The molecule has 2 rings (SSSR count). The Balaban J connectivity index is 1.73. The van der Waals surface area contributed by atoms with Gasteiger partial charge >= 0.3 is 0 Å². The van der Waals surface area contributed by atoms with Gasteiger partial charge in [0, 0.05) is 0 Å². The summed E-state index contributed by atoms with van der Waals surface area (Å²) in [7, 11) is 0. The highest BCUT2D eigenvalue weighted by Gasteiger charge is 2.07. The van der Waals surface area contributed by atoms with Crippen molar-refractivity contribution < 1.29 is 18.7 Å². The molecule has 0 heterocycles. The lowest BCUT2D eigenvalue weighted by Gasteiger charge is -2.10. The van der Waals surface area contributed by atoms with Crippen molar-refractivity contribution in [3.63, 3.8) is 0 Å². The summed E-state index contributed by atoms with van der Waals surface area (Å²) in [5, 5.41) is 0. The summed E-state index contributed by atoms with van der Waals surface area (Å²) in [4.78, 5) is 23.4. The molecule has 0 atom stereocenters. The second-order valence-corrected chi connectivity index (χ2v) is 5.43. The number of hydrazine groups is 1. The van der Waals surface area contributed by atoms with Crippen LogP contribution in [0.2, 0.25) is 0 Å². The molecule has 0 radical (unpaired) electrons. The zero-order valence-electron chi connectivity index (χ0n) is 13.6. The van der Waals surface area contributed by atoms with Gasteiger partial charge in [0.15, 0.2) is 6.61 Å². The summed E-state index contributed by atoms with van der Waals surface area (Å²) in [6.45, 7) is 3.74. The fraction of sp³-hybridized carbons (Fsp3) is 0.222. The van der Waals surface area contributed by atoms with Crippen LogP contribution >= 0.6 is 0 Å². The summed E-state index contributed by atoms with van der Waals surface area (Å²) >= 11 is 0. The van der Waals surface area contributed by atoms with Crippen molar-refractivity contribution >= 4 is 11.8 Å². The summed E-state index contributed by atoms with van der Waals surface area (Å²) in [6, 6.07) is 11.1. The minimum Gasteiger partial charge on any atom is -0.484 e. The molecule has 6 heteroatoms. The molecule has 0 fully saturated rings. The Morgan fingerprint density at radius 1 is 0.958 bits per heavy atom. The second kappa shape index (κ2) is 8.10. The molecule has 2 aromatic rings. The number of carbonyl (C=O) groups is 2. The number of rotatable bonds is 5. The normalized spacial score (nSPS) is 10.1. The van der Waals surface area contributed by atoms with Gasteiger partial charge in [0.05, 0.1) is 6.42 Å². The maximum atomic E-state index is 12.8. The van der Waals surface area contributed by atoms with E-state index in [0.29, 0.717) is 11.3 Å². The topological polar surface area (TPSA) is 67.4 Å². The predicted octanol–water partition coefficient (Wildman–Crippen LogP) is 2.21. The molecule has 2 aromatic carbocycles. The van der Waals surface area contributed by atoms with Gasteiger partial charge in [-0.1, -0.05) is 18.2 Å². The fourth-order valence-corrected chi connectivity index (χ4v) is 1.96. The number of carbonyl (C=O) groups excluding carboxylic acids is 2. The second-order valence-electron chi connectivity index (χ2n) is 5.43. The van der Waals surface area contributed by atoms with Gasteiger partial charge in [-0.05, 0) is 54.8 Å². The van der Waals surface area contributed by atoms with Crippen LogP contribution in [0.3, 0.4) is 0 Å². The van der Waals surface area contributed by atoms with Crippen molar-refractivity contribution in [1.29, 1.82) is 0 Å². The van der Waals surface area contributed by atoms with Crippen LogP contribution in [-0.4, -0.2) is 18.4 Å². The Morgan fingerprint density at radius 3 is 2.29 bits per heavy atom. The maximum Gasteiger partial charge on any atom is 0.276 e. The van der Waals surface area contributed by atoms with Crippen LogP contribution in [0.4, 0.5) is 4.39 Å². The molecule has 0 aliphatic carbocycles. The first-order valence-electron chi connectivity index (χ1n) is 7.46. The SMILES string of the molecule is Cc1ccc(OCC(=O)NNC(=O)Cc2ccc(F)cc2)cc1C. The number of ether oxygens (including phenoxy) is 1. The molecule has 2 amide bonds. The third kappa shape index (κ3) is 5.39. The van der Waals surface area contributed by atoms with Crippen LogP contribution < -0.4 is 15.6 Å². The number of nitrogens with one attached hydrogen (secondary N) is 2. The number of benzene rings is 2. The molecule has 0 unspecified atom stereocenters. The molecule has 0 saturated carbocycles. The van der Waals surface area contributed by atoms with E-state index in [2.05, 4.69) is 10.9 Å². The highest BCUT2D eigenvalue weighted by molar-refractivity contribution is 5.83. The van der Waals surface area contributed by atoms with Gasteiger partial charge in [0.2, 0.25) is 5.91 Å². The lowest BCUT2D eigenvalue weighted by molar-refractivity contribution is -0.129. The Labute approximate surface area is 139 Å². The Morgan fingerprint density at radius 2 is 1.62 bits per heavy atom. The molecule has 0 aliphatic rings. The van der Waals surface area contributed by atoms with Gasteiger partial charge in [0.25, 0.3) is 5.91 Å². The Bertz CT molecular complexity index is 730. The Hall–Kier alpha value is -2.89.